The predicted octanol–water partition coefficient (Wildman–Crippen LogP) is 3.47. The summed E-state index contributed by atoms with van der Waals surface area (Å²) in [7, 11) is -3.55. The second-order valence-electron chi connectivity index (χ2n) is 6.34. The van der Waals surface area contributed by atoms with Crippen LogP contribution in [0.4, 0.5) is 0 Å². The molecule has 0 N–H and O–H groups in total. The van der Waals surface area contributed by atoms with Crippen molar-refractivity contribution in [2.24, 2.45) is 0 Å². The van der Waals surface area contributed by atoms with Crippen LogP contribution in [0.3, 0.4) is 0 Å². The Hall–Kier alpha value is -1.64. The summed E-state index contributed by atoms with van der Waals surface area (Å²) < 4.78 is 39.3. The van der Waals surface area contributed by atoms with Gasteiger partial charge in [-0.2, -0.15) is 4.31 Å². The summed E-state index contributed by atoms with van der Waals surface area (Å²) in [6.07, 6.45) is 2.12. The average molecular weight is 441 g/mol. The Labute approximate surface area is 162 Å². The molecule has 0 spiro atoms. The first-order valence-corrected chi connectivity index (χ1v) is 10.6. The van der Waals surface area contributed by atoms with Crippen LogP contribution < -0.4 is 9.47 Å². The van der Waals surface area contributed by atoms with Gasteiger partial charge in [0.1, 0.15) is 11.9 Å². The van der Waals surface area contributed by atoms with Crippen LogP contribution in [0.15, 0.2) is 52.0 Å². The van der Waals surface area contributed by atoms with E-state index in [1.165, 1.54) is 4.31 Å². The lowest BCUT2D eigenvalue weighted by Gasteiger charge is -2.17. The zero-order valence-corrected chi connectivity index (χ0v) is 17.0. The Balaban J connectivity index is 1.65. The minimum atomic E-state index is -3.55. The summed E-state index contributed by atoms with van der Waals surface area (Å²) in [6, 6.07) is 10.1. The number of hydrogen-bond acceptors (Lipinski definition) is 5. The van der Waals surface area contributed by atoms with Crippen LogP contribution in [0.1, 0.15) is 20.3 Å². The summed E-state index contributed by atoms with van der Waals surface area (Å²) in [5.41, 5.74) is 0. The third kappa shape index (κ3) is 4.55. The van der Waals surface area contributed by atoms with Gasteiger partial charge >= 0.3 is 0 Å². The van der Waals surface area contributed by atoms with E-state index in [4.69, 9.17) is 9.47 Å². The van der Waals surface area contributed by atoms with Crippen LogP contribution in [0.25, 0.3) is 0 Å². The van der Waals surface area contributed by atoms with E-state index in [-0.39, 0.29) is 17.1 Å². The number of hydrogen-bond donors (Lipinski definition) is 0. The number of sulfonamides is 1. The lowest BCUT2D eigenvalue weighted by atomic mass is 10.3. The topological polar surface area (TPSA) is 68.7 Å². The molecule has 0 saturated carbocycles. The molecule has 6 nitrogen and oxygen atoms in total. The Morgan fingerprint density at radius 2 is 1.92 bits per heavy atom. The molecule has 0 aliphatic carbocycles. The van der Waals surface area contributed by atoms with Crippen molar-refractivity contribution < 1.29 is 17.9 Å². The van der Waals surface area contributed by atoms with E-state index in [1.807, 2.05) is 19.9 Å². The van der Waals surface area contributed by atoms with Crippen molar-refractivity contribution >= 4 is 26.0 Å². The molecule has 1 aliphatic rings. The van der Waals surface area contributed by atoms with Crippen molar-refractivity contribution in [2.45, 2.75) is 37.4 Å². The fourth-order valence-corrected chi connectivity index (χ4v) is 4.45. The number of nitrogens with zero attached hydrogens (tertiary/aromatic N) is 2. The standard InChI is InChI=1S/C18H21BrN2O4S/c1-13(2)24-15-4-6-17(7-5-15)26(22,23)21-10-9-16(12-21)25-18-8-3-14(19)11-20-18/h3-8,11,13,16H,9-10,12H2,1-2H3. The molecule has 0 bridgehead atoms. The number of benzene rings is 1. The van der Waals surface area contributed by atoms with Gasteiger partial charge in [0.15, 0.2) is 0 Å². The number of pyridine rings is 1. The number of aromatic nitrogens is 1. The maximum Gasteiger partial charge on any atom is 0.243 e. The molecule has 1 atom stereocenters. The number of ether oxygens (including phenoxy) is 2. The minimum absolute atomic E-state index is 0.0427. The first-order chi connectivity index (χ1) is 12.3. The van der Waals surface area contributed by atoms with Gasteiger partial charge in [0, 0.05) is 23.3 Å². The molecule has 1 aromatic carbocycles. The monoisotopic (exact) mass is 440 g/mol. The van der Waals surface area contributed by atoms with Crippen LogP contribution in [0, 0.1) is 0 Å². The molecule has 1 fully saturated rings. The molecule has 0 amide bonds. The van der Waals surface area contributed by atoms with Gasteiger partial charge in [-0.1, -0.05) is 0 Å². The smallest absolute Gasteiger partial charge is 0.243 e. The van der Waals surface area contributed by atoms with Crippen molar-refractivity contribution in [2.75, 3.05) is 13.1 Å². The second kappa shape index (κ2) is 7.94. The van der Waals surface area contributed by atoms with Crippen molar-refractivity contribution in [3.63, 3.8) is 0 Å². The summed E-state index contributed by atoms with van der Waals surface area (Å²) in [6.45, 7) is 4.59. The highest BCUT2D eigenvalue weighted by molar-refractivity contribution is 9.10. The molecule has 2 heterocycles. The van der Waals surface area contributed by atoms with Crippen molar-refractivity contribution in [1.29, 1.82) is 0 Å². The quantitative estimate of drug-likeness (QED) is 0.687. The van der Waals surface area contributed by atoms with Gasteiger partial charge < -0.3 is 9.47 Å². The van der Waals surface area contributed by atoms with E-state index >= 15 is 0 Å². The Morgan fingerprint density at radius 1 is 1.19 bits per heavy atom. The van der Waals surface area contributed by atoms with Crippen molar-refractivity contribution in [3.05, 3.63) is 47.1 Å². The molecule has 8 heteroatoms. The molecule has 26 heavy (non-hydrogen) atoms. The Morgan fingerprint density at radius 3 is 2.54 bits per heavy atom. The van der Waals surface area contributed by atoms with Crippen molar-refractivity contribution in [1.82, 2.24) is 9.29 Å². The Bertz CT molecular complexity index is 838. The molecule has 1 unspecified atom stereocenters. The molecule has 1 aliphatic heterocycles. The van der Waals surface area contributed by atoms with E-state index in [0.717, 1.165) is 4.47 Å². The lowest BCUT2D eigenvalue weighted by molar-refractivity contribution is 0.207. The van der Waals surface area contributed by atoms with E-state index in [2.05, 4.69) is 20.9 Å². The summed E-state index contributed by atoms with van der Waals surface area (Å²) in [5, 5.41) is 0. The normalized spacial score (nSPS) is 18.2. The van der Waals surface area contributed by atoms with Crippen LogP contribution in [0.2, 0.25) is 0 Å². The Kier molecular flexibility index (Phi) is 5.84. The van der Waals surface area contributed by atoms with Gasteiger partial charge in [-0.3, -0.25) is 0 Å². The number of rotatable bonds is 6. The molecule has 1 aromatic heterocycles. The summed E-state index contributed by atoms with van der Waals surface area (Å²) in [4.78, 5) is 4.43. The van der Waals surface area contributed by atoms with Crippen LogP contribution in [0.5, 0.6) is 11.6 Å². The minimum Gasteiger partial charge on any atom is -0.491 e. The molecular formula is C18H21BrN2O4S. The molecule has 140 valence electrons. The van der Waals surface area contributed by atoms with Gasteiger partial charge in [-0.15, -0.1) is 0 Å². The molecule has 0 radical (unpaired) electrons. The van der Waals surface area contributed by atoms with E-state index in [9.17, 15) is 8.42 Å². The summed E-state index contributed by atoms with van der Waals surface area (Å²) >= 11 is 3.32. The average Bonchev–Trinajstić information content (AvgIpc) is 3.06. The molecule has 3 rings (SSSR count). The second-order valence-corrected chi connectivity index (χ2v) is 9.20. The highest BCUT2D eigenvalue weighted by Gasteiger charge is 2.33. The SMILES string of the molecule is CC(C)Oc1ccc(S(=O)(=O)N2CCC(Oc3ccc(Br)cn3)C2)cc1. The van der Waals surface area contributed by atoms with Crippen molar-refractivity contribution in [3.8, 4) is 11.6 Å². The maximum atomic E-state index is 12.8. The van der Waals surface area contributed by atoms with Gasteiger partial charge in [0.2, 0.25) is 15.9 Å². The van der Waals surface area contributed by atoms with Gasteiger partial charge in [-0.25, -0.2) is 13.4 Å². The first-order valence-electron chi connectivity index (χ1n) is 8.39. The third-order valence-electron chi connectivity index (χ3n) is 3.93. The zero-order chi connectivity index (χ0) is 18.7. The highest BCUT2D eigenvalue weighted by Crippen LogP contribution is 2.25. The van der Waals surface area contributed by atoms with E-state index in [0.29, 0.717) is 31.1 Å². The molecular weight excluding hydrogens is 420 g/mol. The van der Waals surface area contributed by atoms with Crippen LogP contribution >= 0.6 is 15.9 Å². The van der Waals surface area contributed by atoms with E-state index in [1.54, 1.807) is 36.5 Å². The third-order valence-corrected chi connectivity index (χ3v) is 6.28. The van der Waals surface area contributed by atoms with Gasteiger partial charge in [-0.05, 0) is 66.5 Å². The fraction of sp³-hybridized carbons (Fsp3) is 0.389. The van der Waals surface area contributed by atoms with Gasteiger partial charge in [0.25, 0.3) is 0 Å². The predicted molar refractivity (Wildman–Crippen MR) is 102 cm³/mol. The maximum absolute atomic E-state index is 12.8. The molecule has 2 aromatic rings. The zero-order valence-electron chi connectivity index (χ0n) is 14.6. The summed E-state index contributed by atoms with van der Waals surface area (Å²) in [5.74, 6) is 1.15. The van der Waals surface area contributed by atoms with Crippen LogP contribution in [-0.4, -0.2) is 43.0 Å². The lowest BCUT2D eigenvalue weighted by Crippen LogP contribution is -2.31. The number of halogens is 1. The first kappa shape index (κ1) is 19.1. The van der Waals surface area contributed by atoms with E-state index < -0.39 is 10.0 Å². The highest BCUT2D eigenvalue weighted by atomic mass is 79.9. The van der Waals surface area contributed by atoms with Crippen LogP contribution in [-0.2, 0) is 10.0 Å². The fourth-order valence-electron chi connectivity index (χ4n) is 2.73. The van der Waals surface area contributed by atoms with Gasteiger partial charge in [0.05, 0.1) is 17.5 Å². The molecule has 1 saturated heterocycles. The largest absolute Gasteiger partial charge is 0.491 e.